The van der Waals surface area contributed by atoms with Gasteiger partial charge >= 0.3 is 5.97 Å². The Hall–Kier alpha value is -4.51. The summed E-state index contributed by atoms with van der Waals surface area (Å²) in [6.45, 7) is 5.10. The summed E-state index contributed by atoms with van der Waals surface area (Å²) in [6, 6.07) is 15.0. The molecule has 0 spiro atoms. The maximum absolute atomic E-state index is 13.4. The second-order valence-electron chi connectivity index (χ2n) is 8.66. The van der Waals surface area contributed by atoms with Gasteiger partial charge in [-0.15, -0.1) is 11.3 Å². The Kier molecular flexibility index (Phi) is 8.72. The van der Waals surface area contributed by atoms with Crippen LogP contribution in [0, 0.1) is 6.92 Å². The van der Waals surface area contributed by atoms with Gasteiger partial charge < -0.3 is 20.1 Å². The Balaban J connectivity index is 1.47. The quantitative estimate of drug-likeness (QED) is 0.220. The molecule has 1 atom stereocenters. The lowest BCUT2D eigenvalue weighted by atomic mass is 10.1. The molecule has 0 aliphatic carbocycles. The molecule has 10 nitrogen and oxygen atoms in total. The fourth-order valence-corrected chi connectivity index (χ4v) is 5.04. The Bertz CT molecular complexity index is 1550. The van der Waals surface area contributed by atoms with Gasteiger partial charge in [-0.3, -0.25) is 19.0 Å². The highest BCUT2D eigenvalue weighted by Crippen LogP contribution is 2.28. The number of fused-ring (bicyclic) bond motifs is 1. The van der Waals surface area contributed by atoms with E-state index in [1.165, 1.54) is 17.8 Å². The first-order chi connectivity index (χ1) is 18.8. The van der Waals surface area contributed by atoms with Crippen molar-refractivity contribution in [1.29, 1.82) is 0 Å². The van der Waals surface area contributed by atoms with Crippen molar-refractivity contribution in [2.24, 2.45) is 0 Å². The van der Waals surface area contributed by atoms with Gasteiger partial charge in [0.15, 0.2) is 0 Å². The Morgan fingerprint density at radius 3 is 2.31 bits per heavy atom. The minimum Gasteiger partial charge on any atom is -0.490 e. The molecule has 4 aromatic rings. The number of rotatable bonds is 10. The van der Waals surface area contributed by atoms with E-state index in [1.807, 2.05) is 30.3 Å². The Morgan fingerprint density at radius 2 is 1.67 bits per heavy atom. The molecule has 202 valence electrons. The maximum atomic E-state index is 13.4. The zero-order chi connectivity index (χ0) is 27.9. The van der Waals surface area contributed by atoms with Crippen molar-refractivity contribution in [2.45, 2.75) is 33.2 Å². The van der Waals surface area contributed by atoms with Crippen molar-refractivity contribution in [3.8, 4) is 5.75 Å². The number of esters is 1. The fourth-order valence-electron chi connectivity index (χ4n) is 4.00. The van der Waals surface area contributed by atoms with Crippen LogP contribution in [-0.4, -0.2) is 40.5 Å². The van der Waals surface area contributed by atoms with Gasteiger partial charge in [0.25, 0.3) is 5.56 Å². The van der Waals surface area contributed by atoms with Gasteiger partial charge in [0, 0.05) is 18.3 Å². The largest absolute Gasteiger partial charge is 0.490 e. The fraction of sp³-hybridized carbons (Fsp3) is 0.250. The maximum Gasteiger partial charge on any atom is 0.348 e. The molecule has 4 rings (SSSR count). The van der Waals surface area contributed by atoms with Gasteiger partial charge in [-0.05, 0) is 55.3 Å². The molecule has 2 aromatic heterocycles. The molecule has 1 unspecified atom stereocenters. The lowest BCUT2D eigenvalue weighted by Gasteiger charge is -2.18. The molecular formula is C28H28N4O6S. The van der Waals surface area contributed by atoms with Crippen LogP contribution >= 0.6 is 11.3 Å². The van der Waals surface area contributed by atoms with Crippen molar-refractivity contribution < 1.29 is 23.9 Å². The van der Waals surface area contributed by atoms with Crippen molar-refractivity contribution in [2.75, 3.05) is 23.8 Å². The number of carbonyl (C=O) groups is 3. The summed E-state index contributed by atoms with van der Waals surface area (Å²) in [6.07, 6.45) is 1.67. The second kappa shape index (κ2) is 12.4. The number of amides is 2. The predicted molar refractivity (Wildman–Crippen MR) is 150 cm³/mol. The number of thiophene rings is 1. The molecular weight excluding hydrogens is 520 g/mol. The number of benzene rings is 2. The van der Waals surface area contributed by atoms with E-state index in [9.17, 15) is 19.2 Å². The van der Waals surface area contributed by atoms with E-state index in [0.29, 0.717) is 33.9 Å². The number of hydrogen-bond donors (Lipinski definition) is 2. The third-order valence-corrected chi connectivity index (χ3v) is 7.07. The summed E-state index contributed by atoms with van der Waals surface area (Å²) in [4.78, 5) is 55.5. The molecule has 0 bridgehead atoms. The molecule has 2 aromatic carbocycles. The van der Waals surface area contributed by atoms with Gasteiger partial charge in [-0.2, -0.15) is 0 Å². The number of nitrogens with zero attached hydrogens (tertiary/aromatic N) is 2. The number of hydrogen-bond acceptors (Lipinski definition) is 8. The van der Waals surface area contributed by atoms with Gasteiger partial charge in [0.1, 0.15) is 34.7 Å². The molecule has 11 heteroatoms. The number of ether oxygens (including phenoxy) is 2. The van der Waals surface area contributed by atoms with Gasteiger partial charge in [-0.25, -0.2) is 9.78 Å². The number of para-hydroxylation sites is 1. The summed E-state index contributed by atoms with van der Waals surface area (Å²) in [5.41, 5.74) is 1.16. The van der Waals surface area contributed by atoms with Crippen LogP contribution in [-0.2, 0) is 14.3 Å². The van der Waals surface area contributed by atoms with Gasteiger partial charge in [0.05, 0.1) is 11.7 Å². The zero-order valence-corrected chi connectivity index (χ0v) is 22.5. The Labute approximate surface area is 228 Å². The third-order valence-electron chi connectivity index (χ3n) is 5.89. The smallest absolute Gasteiger partial charge is 0.348 e. The molecule has 2 amide bonds. The topological polar surface area (TPSA) is 129 Å². The third kappa shape index (κ3) is 6.50. The monoisotopic (exact) mass is 548 g/mol. The number of aromatic nitrogens is 2. The van der Waals surface area contributed by atoms with Crippen molar-refractivity contribution in [3.63, 3.8) is 0 Å². The van der Waals surface area contributed by atoms with E-state index in [-0.39, 0.29) is 35.3 Å². The molecule has 0 radical (unpaired) electrons. The van der Waals surface area contributed by atoms with E-state index in [4.69, 9.17) is 9.47 Å². The van der Waals surface area contributed by atoms with E-state index < -0.39 is 17.6 Å². The average molecular weight is 549 g/mol. The summed E-state index contributed by atoms with van der Waals surface area (Å²) < 4.78 is 12.2. The van der Waals surface area contributed by atoms with Crippen LogP contribution in [0.4, 0.5) is 11.4 Å². The highest BCUT2D eigenvalue weighted by Gasteiger charge is 2.25. The highest BCUT2D eigenvalue weighted by molar-refractivity contribution is 7.20. The summed E-state index contributed by atoms with van der Waals surface area (Å²) in [7, 11) is 0. The van der Waals surface area contributed by atoms with Crippen LogP contribution in [0.2, 0.25) is 0 Å². The lowest BCUT2D eigenvalue weighted by Crippen LogP contribution is -2.33. The average Bonchev–Trinajstić information content (AvgIpc) is 3.26. The van der Waals surface area contributed by atoms with Crippen LogP contribution < -0.4 is 20.9 Å². The SMILES string of the molecule is CCC(C(=O)Nc1ccc(NC(C)=O)cc1)n1cnc2sc(C(=O)OCCOc3ccccc3)c(C)c2c1=O. The molecule has 2 heterocycles. The number of carbonyl (C=O) groups excluding carboxylic acids is 3. The van der Waals surface area contributed by atoms with E-state index in [2.05, 4.69) is 15.6 Å². The normalized spacial score (nSPS) is 11.6. The molecule has 0 aliphatic rings. The highest BCUT2D eigenvalue weighted by atomic mass is 32.1. The molecule has 0 saturated carbocycles. The predicted octanol–water partition coefficient (Wildman–Crippen LogP) is 4.55. The van der Waals surface area contributed by atoms with Crippen molar-refractivity contribution in [1.82, 2.24) is 9.55 Å². The minimum atomic E-state index is -0.825. The van der Waals surface area contributed by atoms with Crippen LogP contribution in [0.5, 0.6) is 5.75 Å². The Morgan fingerprint density at radius 1 is 1.00 bits per heavy atom. The summed E-state index contributed by atoms with van der Waals surface area (Å²) >= 11 is 1.07. The van der Waals surface area contributed by atoms with Gasteiger partial charge in [0.2, 0.25) is 11.8 Å². The first kappa shape index (κ1) is 27.5. The molecule has 0 fully saturated rings. The molecule has 2 N–H and O–H groups in total. The molecule has 0 aliphatic heterocycles. The van der Waals surface area contributed by atoms with Crippen molar-refractivity contribution in [3.05, 3.63) is 81.7 Å². The molecule has 0 saturated heterocycles. The molecule has 39 heavy (non-hydrogen) atoms. The first-order valence-corrected chi connectivity index (χ1v) is 13.1. The minimum absolute atomic E-state index is 0.0446. The second-order valence-corrected chi connectivity index (χ2v) is 9.66. The number of aryl methyl sites for hydroxylation is 1. The van der Waals surface area contributed by atoms with E-state index in [0.717, 1.165) is 11.3 Å². The van der Waals surface area contributed by atoms with Crippen LogP contribution in [0.3, 0.4) is 0 Å². The summed E-state index contributed by atoms with van der Waals surface area (Å²) in [5, 5.41) is 5.74. The first-order valence-electron chi connectivity index (χ1n) is 12.3. The van der Waals surface area contributed by atoms with Crippen LogP contribution in [0.1, 0.15) is 41.5 Å². The number of anilines is 2. The van der Waals surface area contributed by atoms with Crippen molar-refractivity contribution >= 4 is 50.7 Å². The standard InChI is InChI=1S/C28H28N4O6S/c1-4-22(25(34)31-20-12-10-19(11-13-20)30-18(3)33)32-16-29-26-23(27(32)35)17(2)24(39-26)28(36)38-15-14-37-21-8-6-5-7-9-21/h5-13,16,22H,4,14-15H2,1-3H3,(H,30,33)(H,31,34). The van der Waals surface area contributed by atoms with Gasteiger partial charge in [-0.1, -0.05) is 25.1 Å². The van der Waals surface area contributed by atoms with E-state index in [1.54, 1.807) is 38.1 Å². The van der Waals surface area contributed by atoms with Crippen LogP contribution in [0.15, 0.2) is 65.7 Å². The number of nitrogens with one attached hydrogen (secondary N) is 2. The van der Waals surface area contributed by atoms with Crippen LogP contribution in [0.25, 0.3) is 10.2 Å². The zero-order valence-electron chi connectivity index (χ0n) is 21.7. The summed E-state index contributed by atoms with van der Waals surface area (Å²) in [5.74, 6) is -0.477. The lowest BCUT2D eigenvalue weighted by molar-refractivity contribution is -0.119. The van der Waals surface area contributed by atoms with E-state index >= 15 is 0 Å².